The summed E-state index contributed by atoms with van der Waals surface area (Å²) in [6.45, 7) is 11.7. The van der Waals surface area contributed by atoms with Crippen molar-refractivity contribution in [3.8, 4) is 0 Å². The van der Waals surface area contributed by atoms with Crippen molar-refractivity contribution in [2.75, 3.05) is 50.0 Å². The molecular weight excluding hydrogens is 474 g/mol. The fraction of sp³-hybridized carbons (Fsp3) is 0.348. The molecular formula is C23H30ClN7O2S. The van der Waals surface area contributed by atoms with Gasteiger partial charge < -0.3 is 26.4 Å². The Morgan fingerprint density at radius 1 is 1.35 bits per heavy atom. The van der Waals surface area contributed by atoms with Gasteiger partial charge in [0.25, 0.3) is 5.91 Å². The minimum atomic E-state index is -0.285. The summed E-state index contributed by atoms with van der Waals surface area (Å²) >= 11 is 7.42. The number of carbonyl (C=O) groups is 1. The molecule has 3 rings (SSSR count). The number of aliphatic imine (C=N–C) groups is 1. The Labute approximate surface area is 208 Å². The molecule has 5 N–H and O–H groups in total. The molecule has 2 heterocycles. The van der Waals surface area contributed by atoms with E-state index in [9.17, 15) is 4.79 Å². The monoisotopic (exact) mass is 503 g/mol. The number of amides is 1. The number of piperazine rings is 1. The Kier molecular flexibility index (Phi) is 9.05. The zero-order valence-electron chi connectivity index (χ0n) is 19.3. The van der Waals surface area contributed by atoms with Crippen LogP contribution in [0.2, 0.25) is 5.02 Å². The number of nitrogens with two attached hydrogens (primary N) is 1. The number of aromatic nitrogens is 1. The lowest BCUT2D eigenvalue weighted by atomic mass is 10.2. The average Bonchev–Trinajstić information content (AvgIpc) is 3.25. The summed E-state index contributed by atoms with van der Waals surface area (Å²) in [5, 5.41) is 16.1. The molecule has 1 aliphatic heterocycles. The number of thiazole rings is 1. The Morgan fingerprint density at radius 2 is 2.09 bits per heavy atom. The number of hydrogen-bond acceptors (Lipinski definition) is 8. The fourth-order valence-electron chi connectivity index (χ4n) is 3.45. The van der Waals surface area contributed by atoms with Gasteiger partial charge in [0, 0.05) is 44.5 Å². The summed E-state index contributed by atoms with van der Waals surface area (Å²) in [5.41, 5.74) is 7.88. The third-order valence-corrected chi connectivity index (χ3v) is 6.39. The van der Waals surface area contributed by atoms with Crippen LogP contribution in [0, 0.1) is 6.92 Å². The van der Waals surface area contributed by atoms with Crippen LogP contribution in [0.15, 0.2) is 53.6 Å². The van der Waals surface area contributed by atoms with E-state index >= 15 is 0 Å². The van der Waals surface area contributed by atoms with E-state index < -0.39 is 0 Å². The molecule has 0 radical (unpaired) electrons. The smallest absolute Gasteiger partial charge is 0.267 e. The number of allylic oxidation sites excluding steroid dienone is 1. The second kappa shape index (κ2) is 12.0. The minimum absolute atomic E-state index is 0.148. The van der Waals surface area contributed by atoms with Gasteiger partial charge in [-0.05, 0) is 25.5 Å². The minimum Gasteiger partial charge on any atom is -0.395 e. The maximum Gasteiger partial charge on any atom is 0.267 e. The zero-order valence-corrected chi connectivity index (χ0v) is 20.9. The number of aryl methyl sites for hydroxylation is 1. The molecule has 182 valence electrons. The highest BCUT2D eigenvalue weighted by Gasteiger charge is 2.19. The third kappa shape index (κ3) is 7.04. The largest absolute Gasteiger partial charge is 0.395 e. The van der Waals surface area contributed by atoms with Crippen LogP contribution in [-0.2, 0) is 0 Å². The number of rotatable bonds is 9. The second-order valence-corrected chi connectivity index (χ2v) is 9.31. The maximum absolute atomic E-state index is 12.7. The lowest BCUT2D eigenvalue weighted by molar-refractivity contribution is 0.103. The predicted octanol–water partition coefficient (Wildman–Crippen LogP) is 3.11. The van der Waals surface area contributed by atoms with Crippen LogP contribution in [0.5, 0.6) is 0 Å². The summed E-state index contributed by atoms with van der Waals surface area (Å²) in [4.78, 5) is 26.2. The molecule has 34 heavy (non-hydrogen) atoms. The van der Waals surface area contributed by atoms with Gasteiger partial charge in [-0.2, -0.15) is 0 Å². The number of para-hydroxylation sites is 1. The molecule has 11 heteroatoms. The molecule has 2 aromatic rings. The molecule has 1 fully saturated rings. The molecule has 1 aliphatic rings. The van der Waals surface area contributed by atoms with Crippen molar-refractivity contribution in [3.05, 3.63) is 64.0 Å². The first-order chi connectivity index (χ1) is 16.3. The molecule has 1 aromatic carbocycles. The van der Waals surface area contributed by atoms with Crippen molar-refractivity contribution in [2.24, 2.45) is 10.7 Å². The predicted molar refractivity (Wildman–Crippen MR) is 139 cm³/mol. The number of halogens is 1. The van der Waals surface area contributed by atoms with Gasteiger partial charge >= 0.3 is 0 Å². The van der Waals surface area contributed by atoms with Crippen LogP contribution in [0.1, 0.15) is 22.2 Å². The molecule has 0 aliphatic carbocycles. The number of aliphatic hydroxyl groups is 1. The molecule has 1 aromatic heterocycles. The summed E-state index contributed by atoms with van der Waals surface area (Å²) < 4.78 is 0. The fourth-order valence-corrected chi connectivity index (χ4v) is 4.46. The summed E-state index contributed by atoms with van der Waals surface area (Å²) in [7, 11) is 0. The van der Waals surface area contributed by atoms with Gasteiger partial charge in [0.2, 0.25) is 0 Å². The Morgan fingerprint density at radius 3 is 2.74 bits per heavy atom. The van der Waals surface area contributed by atoms with Crippen LogP contribution in [-0.4, -0.2) is 71.0 Å². The summed E-state index contributed by atoms with van der Waals surface area (Å²) in [5.74, 6) is 0.859. The van der Waals surface area contributed by atoms with E-state index in [1.54, 1.807) is 13.0 Å². The van der Waals surface area contributed by atoms with Crippen LogP contribution in [0.3, 0.4) is 0 Å². The molecule has 1 amide bonds. The van der Waals surface area contributed by atoms with Gasteiger partial charge in [-0.1, -0.05) is 41.6 Å². The maximum atomic E-state index is 12.7. The Hall–Kier alpha value is -2.92. The molecule has 0 saturated carbocycles. The van der Waals surface area contributed by atoms with Crippen molar-refractivity contribution >= 4 is 45.5 Å². The summed E-state index contributed by atoms with van der Waals surface area (Å²) in [6.07, 6.45) is 3.32. The highest BCUT2D eigenvalue weighted by Crippen LogP contribution is 2.27. The first-order valence-electron chi connectivity index (χ1n) is 10.9. The number of β-amino-alcohol motifs (C(OH)–C–C–N with tert-alkyl or cyclic N) is 1. The molecule has 9 nitrogen and oxygen atoms in total. The molecule has 0 unspecified atom stereocenters. The molecule has 0 spiro atoms. The van der Waals surface area contributed by atoms with Crippen LogP contribution in [0.4, 0.5) is 10.8 Å². The van der Waals surface area contributed by atoms with Crippen LogP contribution in [0.25, 0.3) is 0 Å². The van der Waals surface area contributed by atoms with E-state index in [1.165, 1.54) is 17.5 Å². The standard InChI is InChI=1S/C23H30ClN7O2S/c1-15-5-4-6-18(24)21(15)29-22(33)19-14-26-23(34-19)27-16(2)13-20(28-17(3)25)31-9-7-30(8-10-31)11-12-32/h4-6,13-14,32H,2,7-12H2,1,3H3,(H2,25,28)(H,26,27)(H,29,33)/b20-13+. The molecule has 0 bridgehead atoms. The Balaban J connectivity index is 1.66. The topological polar surface area (TPSA) is 119 Å². The van der Waals surface area contributed by atoms with E-state index in [2.05, 4.69) is 37.0 Å². The second-order valence-electron chi connectivity index (χ2n) is 7.87. The van der Waals surface area contributed by atoms with Gasteiger partial charge in [0.15, 0.2) is 5.13 Å². The number of amidine groups is 1. The van der Waals surface area contributed by atoms with Crippen molar-refractivity contribution in [3.63, 3.8) is 0 Å². The number of anilines is 2. The van der Waals surface area contributed by atoms with E-state index in [0.29, 0.717) is 44.6 Å². The van der Waals surface area contributed by atoms with Gasteiger partial charge in [-0.3, -0.25) is 9.69 Å². The van der Waals surface area contributed by atoms with Gasteiger partial charge in [-0.25, -0.2) is 9.98 Å². The lowest BCUT2D eigenvalue weighted by Gasteiger charge is -2.35. The number of benzene rings is 1. The van der Waals surface area contributed by atoms with Crippen LogP contribution < -0.4 is 16.4 Å². The van der Waals surface area contributed by atoms with Gasteiger partial charge in [0.05, 0.1) is 29.3 Å². The van der Waals surface area contributed by atoms with Crippen molar-refractivity contribution in [2.45, 2.75) is 13.8 Å². The van der Waals surface area contributed by atoms with Crippen LogP contribution >= 0.6 is 22.9 Å². The van der Waals surface area contributed by atoms with Gasteiger partial charge in [0.1, 0.15) is 10.7 Å². The zero-order chi connectivity index (χ0) is 24.7. The Bertz CT molecular complexity index is 1070. The van der Waals surface area contributed by atoms with E-state index in [0.717, 1.165) is 31.7 Å². The molecule has 1 saturated heterocycles. The highest BCUT2D eigenvalue weighted by molar-refractivity contribution is 7.17. The third-order valence-electron chi connectivity index (χ3n) is 5.16. The van der Waals surface area contributed by atoms with Crippen molar-refractivity contribution in [1.29, 1.82) is 0 Å². The van der Waals surface area contributed by atoms with Crippen molar-refractivity contribution in [1.82, 2.24) is 14.8 Å². The SMILES string of the molecule is C=C(/C=C(\N=C(C)N)N1CCN(CCO)CC1)Nc1ncc(C(=O)Nc2c(C)cccc2Cl)s1. The lowest BCUT2D eigenvalue weighted by Crippen LogP contribution is -2.46. The summed E-state index contributed by atoms with van der Waals surface area (Å²) in [6, 6.07) is 5.45. The van der Waals surface area contributed by atoms with Crippen molar-refractivity contribution < 1.29 is 9.90 Å². The van der Waals surface area contributed by atoms with E-state index in [1.807, 2.05) is 25.1 Å². The molecule has 0 atom stereocenters. The highest BCUT2D eigenvalue weighted by atomic mass is 35.5. The first kappa shape index (κ1) is 25.7. The number of nitrogens with one attached hydrogen (secondary N) is 2. The van der Waals surface area contributed by atoms with Gasteiger partial charge in [-0.15, -0.1) is 0 Å². The van der Waals surface area contributed by atoms with E-state index in [-0.39, 0.29) is 12.5 Å². The number of nitrogens with zero attached hydrogens (tertiary/aromatic N) is 4. The quantitative estimate of drug-likeness (QED) is 0.236. The number of carbonyl (C=O) groups excluding carboxylic acids is 1. The number of hydrogen-bond donors (Lipinski definition) is 4. The normalized spacial score (nSPS) is 15.4. The number of aliphatic hydroxyl groups excluding tert-OH is 1. The van der Waals surface area contributed by atoms with E-state index in [4.69, 9.17) is 22.4 Å². The first-order valence-corrected chi connectivity index (χ1v) is 12.0. The average molecular weight is 504 g/mol.